The highest BCUT2D eigenvalue weighted by atomic mass is 35.5. The van der Waals surface area contributed by atoms with Crippen molar-refractivity contribution in [1.29, 1.82) is 0 Å². The van der Waals surface area contributed by atoms with Gasteiger partial charge in [0.1, 0.15) is 11.6 Å². The van der Waals surface area contributed by atoms with Crippen LogP contribution in [0.5, 0.6) is 5.75 Å². The zero-order valence-corrected chi connectivity index (χ0v) is 10.7. The van der Waals surface area contributed by atoms with Crippen molar-refractivity contribution in [3.05, 3.63) is 47.0 Å². The predicted octanol–water partition coefficient (Wildman–Crippen LogP) is 3.16. The summed E-state index contributed by atoms with van der Waals surface area (Å²) in [6.07, 6.45) is 4.70. The molecule has 0 N–H and O–H groups in total. The first-order valence-electron chi connectivity index (χ1n) is 5.57. The third-order valence-electron chi connectivity index (χ3n) is 2.70. The standard InChI is InChI=1S/C13H15ClN2O/c1-3-13-15-6-7-16(13)9-10-8-11(14)4-5-12(10)17-2/h4-8H,3,9H2,1-2H3. The zero-order chi connectivity index (χ0) is 12.3. The van der Waals surface area contributed by atoms with Gasteiger partial charge in [-0.2, -0.15) is 0 Å². The van der Waals surface area contributed by atoms with Gasteiger partial charge in [-0.05, 0) is 18.2 Å². The van der Waals surface area contributed by atoms with Gasteiger partial charge in [-0.15, -0.1) is 0 Å². The summed E-state index contributed by atoms with van der Waals surface area (Å²) in [5.74, 6) is 1.91. The second kappa shape index (κ2) is 5.23. The van der Waals surface area contributed by atoms with Gasteiger partial charge in [0.15, 0.2) is 0 Å². The molecule has 0 radical (unpaired) electrons. The zero-order valence-electron chi connectivity index (χ0n) is 9.98. The normalized spacial score (nSPS) is 10.5. The molecule has 0 bridgehead atoms. The molecule has 0 saturated heterocycles. The van der Waals surface area contributed by atoms with E-state index < -0.39 is 0 Å². The molecule has 1 heterocycles. The third kappa shape index (κ3) is 2.61. The lowest BCUT2D eigenvalue weighted by molar-refractivity contribution is 0.408. The minimum absolute atomic E-state index is 0.721. The highest BCUT2D eigenvalue weighted by Crippen LogP contribution is 2.23. The van der Waals surface area contributed by atoms with E-state index in [1.165, 1.54) is 0 Å². The van der Waals surface area contributed by atoms with Crippen molar-refractivity contribution in [2.45, 2.75) is 19.9 Å². The summed E-state index contributed by atoms with van der Waals surface area (Å²) >= 11 is 6.01. The fraction of sp³-hybridized carbons (Fsp3) is 0.308. The Hall–Kier alpha value is -1.48. The number of halogens is 1. The smallest absolute Gasteiger partial charge is 0.123 e. The molecule has 4 heteroatoms. The number of ether oxygens (including phenoxy) is 1. The lowest BCUT2D eigenvalue weighted by Crippen LogP contribution is -2.04. The van der Waals surface area contributed by atoms with E-state index in [4.69, 9.17) is 16.3 Å². The quantitative estimate of drug-likeness (QED) is 0.834. The molecule has 1 aromatic heterocycles. The van der Waals surface area contributed by atoms with Crippen molar-refractivity contribution >= 4 is 11.6 Å². The minimum Gasteiger partial charge on any atom is -0.496 e. The second-order valence-electron chi connectivity index (χ2n) is 3.78. The Morgan fingerprint density at radius 2 is 2.24 bits per heavy atom. The van der Waals surface area contributed by atoms with Crippen LogP contribution in [0.15, 0.2) is 30.6 Å². The van der Waals surface area contributed by atoms with Crippen LogP contribution in [-0.4, -0.2) is 16.7 Å². The summed E-state index contributed by atoms with van der Waals surface area (Å²) in [6.45, 7) is 2.82. The summed E-state index contributed by atoms with van der Waals surface area (Å²) in [5.41, 5.74) is 1.06. The van der Waals surface area contributed by atoms with Gasteiger partial charge < -0.3 is 9.30 Å². The van der Waals surface area contributed by atoms with Gasteiger partial charge in [0.25, 0.3) is 0 Å². The second-order valence-corrected chi connectivity index (χ2v) is 4.22. The van der Waals surface area contributed by atoms with Crippen LogP contribution < -0.4 is 4.74 Å². The number of aromatic nitrogens is 2. The van der Waals surface area contributed by atoms with Crippen molar-refractivity contribution < 1.29 is 4.74 Å². The molecular formula is C13H15ClN2O. The first-order valence-corrected chi connectivity index (χ1v) is 5.94. The van der Waals surface area contributed by atoms with Gasteiger partial charge in [-0.1, -0.05) is 18.5 Å². The average Bonchev–Trinajstić information content (AvgIpc) is 2.77. The highest BCUT2D eigenvalue weighted by molar-refractivity contribution is 6.30. The first-order chi connectivity index (χ1) is 8.24. The van der Waals surface area contributed by atoms with Crippen LogP contribution in [0, 0.1) is 0 Å². The molecule has 0 aliphatic heterocycles. The molecule has 90 valence electrons. The van der Waals surface area contributed by atoms with Gasteiger partial charge >= 0.3 is 0 Å². The summed E-state index contributed by atoms with van der Waals surface area (Å²) in [5, 5.41) is 0.721. The molecule has 0 aliphatic carbocycles. The maximum absolute atomic E-state index is 6.01. The lowest BCUT2D eigenvalue weighted by atomic mass is 10.2. The summed E-state index contributed by atoms with van der Waals surface area (Å²) in [7, 11) is 1.67. The van der Waals surface area contributed by atoms with Crippen LogP contribution in [0.2, 0.25) is 5.02 Å². The van der Waals surface area contributed by atoms with Crippen LogP contribution in [0.3, 0.4) is 0 Å². The van der Waals surface area contributed by atoms with Crippen LogP contribution in [0.1, 0.15) is 18.3 Å². The van der Waals surface area contributed by atoms with Gasteiger partial charge in [0.2, 0.25) is 0 Å². The molecule has 1 aromatic carbocycles. The monoisotopic (exact) mass is 250 g/mol. The Bertz CT molecular complexity index is 508. The number of methoxy groups -OCH3 is 1. The van der Waals surface area contributed by atoms with Gasteiger partial charge in [0.05, 0.1) is 13.7 Å². The topological polar surface area (TPSA) is 27.1 Å². The summed E-state index contributed by atoms with van der Waals surface area (Å²) < 4.78 is 7.44. The van der Waals surface area contributed by atoms with Gasteiger partial charge in [-0.3, -0.25) is 0 Å². The molecule has 0 spiro atoms. The minimum atomic E-state index is 0.721. The molecule has 2 aromatic rings. The number of aryl methyl sites for hydroxylation is 1. The van der Waals surface area contributed by atoms with Gasteiger partial charge in [-0.25, -0.2) is 4.98 Å². The molecule has 0 atom stereocenters. The van der Waals surface area contributed by atoms with Crippen molar-refractivity contribution in [3.63, 3.8) is 0 Å². The molecule has 17 heavy (non-hydrogen) atoms. The molecule has 0 saturated carbocycles. The van der Waals surface area contributed by atoms with E-state index in [0.717, 1.165) is 35.1 Å². The van der Waals surface area contributed by atoms with E-state index in [9.17, 15) is 0 Å². The van der Waals surface area contributed by atoms with Crippen molar-refractivity contribution in [3.8, 4) is 5.75 Å². The van der Waals surface area contributed by atoms with E-state index in [0.29, 0.717) is 0 Å². The van der Waals surface area contributed by atoms with E-state index in [2.05, 4.69) is 16.5 Å². The summed E-state index contributed by atoms with van der Waals surface area (Å²) in [4.78, 5) is 4.30. The Kier molecular flexibility index (Phi) is 3.69. The number of imidazole rings is 1. The molecule has 2 rings (SSSR count). The van der Waals surface area contributed by atoms with Crippen LogP contribution in [-0.2, 0) is 13.0 Å². The Labute approximate surface area is 106 Å². The van der Waals surface area contributed by atoms with Crippen LogP contribution in [0.25, 0.3) is 0 Å². The van der Waals surface area contributed by atoms with E-state index in [-0.39, 0.29) is 0 Å². The SMILES string of the molecule is CCc1nccn1Cc1cc(Cl)ccc1OC. The average molecular weight is 251 g/mol. The lowest BCUT2D eigenvalue weighted by Gasteiger charge is -2.11. The number of hydrogen-bond acceptors (Lipinski definition) is 2. The van der Waals surface area contributed by atoms with E-state index >= 15 is 0 Å². The first kappa shape index (κ1) is 12.0. The number of nitrogens with zero attached hydrogens (tertiary/aromatic N) is 2. The largest absolute Gasteiger partial charge is 0.496 e. The van der Waals surface area contributed by atoms with Crippen molar-refractivity contribution in [1.82, 2.24) is 9.55 Å². The highest BCUT2D eigenvalue weighted by Gasteiger charge is 2.07. The molecule has 0 unspecified atom stereocenters. The maximum Gasteiger partial charge on any atom is 0.123 e. The molecule has 0 aliphatic rings. The van der Waals surface area contributed by atoms with E-state index in [1.807, 2.05) is 30.6 Å². The molecular weight excluding hydrogens is 236 g/mol. The molecule has 0 amide bonds. The predicted molar refractivity (Wildman–Crippen MR) is 68.7 cm³/mol. The van der Waals surface area contributed by atoms with Crippen LogP contribution >= 0.6 is 11.6 Å². The fourth-order valence-corrected chi connectivity index (χ4v) is 2.05. The van der Waals surface area contributed by atoms with Crippen molar-refractivity contribution in [2.75, 3.05) is 7.11 Å². The van der Waals surface area contributed by atoms with Crippen LogP contribution in [0.4, 0.5) is 0 Å². The number of hydrogen-bond donors (Lipinski definition) is 0. The van der Waals surface area contributed by atoms with E-state index in [1.54, 1.807) is 7.11 Å². The van der Waals surface area contributed by atoms with Crippen molar-refractivity contribution in [2.24, 2.45) is 0 Å². The van der Waals surface area contributed by atoms with Gasteiger partial charge in [0, 0.05) is 29.4 Å². The molecule has 0 fully saturated rings. The number of rotatable bonds is 4. The Morgan fingerprint density at radius 3 is 2.94 bits per heavy atom. The Balaban J connectivity index is 2.32. The Morgan fingerprint density at radius 1 is 1.41 bits per heavy atom. The third-order valence-corrected chi connectivity index (χ3v) is 2.94. The number of benzene rings is 1. The molecule has 3 nitrogen and oxygen atoms in total. The fourth-order valence-electron chi connectivity index (χ4n) is 1.85. The summed E-state index contributed by atoms with van der Waals surface area (Å²) in [6, 6.07) is 5.65. The maximum atomic E-state index is 6.01.